The van der Waals surface area contributed by atoms with Crippen LogP contribution in [0.3, 0.4) is 0 Å². The Morgan fingerprint density at radius 3 is 2.62 bits per heavy atom. The van der Waals surface area contributed by atoms with E-state index in [1.165, 1.54) is 17.3 Å². The summed E-state index contributed by atoms with van der Waals surface area (Å²) in [5, 5.41) is 2.96. The maximum absolute atomic E-state index is 12.0. The fourth-order valence-corrected chi connectivity index (χ4v) is 3.68. The van der Waals surface area contributed by atoms with Gasteiger partial charge in [-0.25, -0.2) is 4.98 Å². The molecule has 1 aromatic heterocycles. The Kier molecular flexibility index (Phi) is 7.76. The molecule has 0 aliphatic rings. The van der Waals surface area contributed by atoms with Crippen LogP contribution in [0.25, 0.3) is 11.5 Å². The molecule has 1 heterocycles. The van der Waals surface area contributed by atoms with Crippen LogP contribution in [0, 0.1) is 6.92 Å². The number of rotatable bonds is 10. The zero-order valence-corrected chi connectivity index (χ0v) is 17.6. The highest BCUT2D eigenvalue weighted by atomic mass is 32.2. The lowest BCUT2D eigenvalue weighted by Gasteiger charge is -2.05. The van der Waals surface area contributed by atoms with Crippen molar-refractivity contribution in [3.63, 3.8) is 0 Å². The summed E-state index contributed by atoms with van der Waals surface area (Å²) in [6.45, 7) is 5.15. The maximum Gasteiger partial charge on any atom is 0.230 e. The first-order chi connectivity index (χ1) is 14.2. The molecule has 5 nitrogen and oxygen atoms in total. The topological polar surface area (TPSA) is 64.4 Å². The van der Waals surface area contributed by atoms with E-state index in [2.05, 4.69) is 22.4 Å². The summed E-state index contributed by atoms with van der Waals surface area (Å²) < 4.78 is 11.3. The van der Waals surface area contributed by atoms with Gasteiger partial charge in [0.25, 0.3) is 0 Å². The van der Waals surface area contributed by atoms with Gasteiger partial charge in [-0.2, -0.15) is 0 Å². The van der Waals surface area contributed by atoms with Crippen LogP contribution in [-0.2, 0) is 17.0 Å². The van der Waals surface area contributed by atoms with E-state index in [1.54, 1.807) is 0 Å². The van der Waals surface area contributed by atoms with Crippen molar-refractivity contribution in [2.75, 3.05) is 18.9 Å². The molecule has 152 valence electrons. The normalized spacial score (nSPS) is 10.7. The molecule has 6 heteroatoms. The van der Waals surface area contributed by atoms with Crippen LogP contribution in [0.2, 0.25) is 0 Å². The summed E-state index contributed by atoms with van der Waals surface area (Å²) in [4.78, 5) is 16.6. The van der Waals surface area contributed by atoms with Gasteiger partial charge in [0.15, 0.2) is 0 Å². The summed E-state index contributed by atoms with van der Waals surface area (Å²) in [7, 11) is 0. The molecule has 1 amide bonds. The molecular formula is C23H26N2O3S. The van der Waals surface area contributed by atoms with Crippen molar-refractivity contribution in [3.8, 4) is 17.2 Å². The first-order valence-corrected chi connectivity index (χ1v) is 10.9. The Morgan fingerprint density at radius 2 is 1.90 bits per heavy atom. The third-order valence-electron chi connectivity index (χ3n) is 4.36. The minimum absolute atomic E-state index is 0.0406. The standard InChI is InChI=1S/C23H26N2O3S/c1-3-27-20-11-9-19(10-12-20)23-25-21(17(2)28-23)15-29-16-22(26)24-14-13-18-7-5-4-6-8-18/h4-12H,3,13-16H2,1-2H3,(H,24,26). The second kappa shape index (κ2) is 10.7. The molecule has 1 N–H and O–H groups in total. The number of aromatic nitrogens is 1. The molecule has 0 saturated carbocycles. The molecule has 0 unspecified atom stereocenters. The molecule has 29 heavy (non-hydrogen) atoms. The van der Waals surface area contributed by atoms with E-state index in [4.69, 9.17) is 9.15 Å². The van der Waals surface area contributed by atoms with Crippen LogP contribution < -0.4 is 10.1 Å². The quantitative estimate of drug-likeness (QED) is 0.527. The second-order valence-electron chi connectivity index (χ2n) is 6.56. The van der Waals surface area contributed by atoms with Crippen LogP contribution in [0.1, 0.15) is 23.9 Å². The Hall–Kier alpha value is -2.73. The van der Waals surface area contributed by atoms with Gasteiger partial charge in [-0.15, -0.1) is 11.8 Å². The van der Waals surface area contributed by atoms with E-state index in [9.17, 15) is 4.79 Å². The average molecular weight is 411 g/mol. The van der Waals surface area contributed by atoms with Crippen molar-refractivity contribution in [3.05, 3.63) is 71.6 Å². The zero-order chi connectivity index (χ0) is 20.5. The lowest BCUT2D eigenvalue weighted by Crippen LogP contribution is -2.27. The monoisotopic (exact) mass is 410 g/mol. The number of hydrogen-bond donors (Lipinski definition) is 1. The molecule has 0 spiro atoms. The summed E-state index contributed by atoms with van der Waals surface area (Å²) in [5.41, 5.74) is 3.00. The van der Waals surface area contributed by atoms with E-state index in [-0.39, 0.29) is 5.91 Å². The Labute approximate surface area is 175 Å². The number of thioether (sulfide) groups is 1. The predicted molar refractivity (Wildman–Crippen MR) is 117 cm³/mol. The van der Waals surface area contributed by atoms with Gasteiger partial charge in [-0.1, -0.05) is 30.3 Å². The van der Waals surface area contributed by atoms with Crippen LogP contribution in [0.15, 0.2) is 59.0 Å². The molecule has 0 atom stereocenters. The van der Waals surface area contributed by atoms with E-state index >= 15 is 0 Å². The SMILES string of the molecule is CCOc1ccc(-c2nc(CSCC(=O)NCCc3ccccc3)c(C)o2)cc1. The van der Waals surface area contributed by atoms with E-state index in [0.29, 0.717) is 30.5 Å². The van der Waals surface area contributed by atoms with Crippen LogP contribution >= 0.6 is 11.8 Å². The summed E-state index contributed by atoms with van der Waals surface area (Å²) in [6.07, 6.45) is 0.838. The number of nitrogens with one attached hydrogen (secondary N) is 1. The van der Waals surface area contributed by atoms with Gasteiger partial charge in [0.2, 0.25) is 11.8 Å². The van der Waals surface area contributed by atoms with Gasteiger partial charge in [-0.3, -0.25) is 4.79 Å². The smallest absolute Gasteiger partial charge is 0.230 e. The Bertz CT molecular complexity index is 908. The number of benzene rings is 2. The fourth-order valence-electron chi connectivity index (χ4n) is 2.83. The molecule has 3 aromatic rings. The van der Waals surface area contributed by atoms with Crippen molar-refractivity contribution in [1.82, 2.24) is 10.3 Å². The van der Waals surface area contributed by atoms with Gasteiger partial charge in [-0.05, 0) is 50.1 Å². The van der Waals surface area contributed by atoms with Gasteiger partial charge < -0.3 is 14.5 Å². The molecule has 2 aromatic carbocycles. The Balaban J connectivity index is 1.44. The molecule has 0 radical (unpaired) electrons. The number of amides is 1. The van der Waals surface area contributed by atoms with Crippen LogP contribution in [0.4, 0.5) is 0 Å². The highest BCUT2D eigenvalue weighted by Crippen LogP contribution is 2.25. The number of nitrogens with zero attached hydrogens (tertiary/aromatic N) is 1. The lowest BCUT2D eigenvalue weighted by molar-refractivity contribution is -0.118. The molecule has 0 bridgehead atoms. The number of aryl methyl sites for hydroxylation is 1. The summed E-state index contributed by atoms with van der Waals surface area (Å²) in [5.74, 6) is 3.28. The van der Waals surface area contributed by atoms with E-state index in [1.807, 2.05) is 56.3 Å². The summed E-state index contributed by atoms with van der Waals surface area (Å²) in [6, 6.07) is 17.8. The van der Waals surface area contributed by atoms with Gasteiger partial charge in [0.1, 0.15) is 11.5 Å². The maximum atomic E-state index is 12.0. The van der Waals surface area contributed by atoms with Crippen molar-refractivity contribution in [2.24, 2.45) is 0 Å². The molecule has 0 saturated heterocycles. The van der Waals surface area contributed by atoms with Crippen LogP contribution in [-0.4, -0.2) is 29.8 Å². The first kappa shape index (κ1) is 21.0. The minimum Gasteiger partial charge on any atom is -0.494 e. The average Bonchev–Trinajstić information content (AvgIpc) is 3.10. The number of ether oxygens (including phenoxy) is 1. The van der Waals surface area contributed by atoms with Crippen molar-refractivity contribution in [2.45, 2.75) is 26.0 Å². The first-order valence-electron chi connectivity index (χ1n) is 9.73. The van der Waals surface area contributed by atoms with Crippen molar-refractivity contribution < 1.29 is 13.9 Å². The van der Waals surface area contributed by atoms with Crippen LogP contribution in [0.5, 0.6) is 5.75 Å². The predicted octanol–water partition coefficient (Wildman–Crippen LogP) is 4.64. The largest absolute Gasteiger partial charge is 0.494 e. The number of carbonyl (C=O) groups is 1. The van der Waals surface area contributed by atoms with E-state index in [0.717, 1.165) is 29.2 Å². The highest BCUT2D eigenvalue weighted by molar-refractivity contribution is 7.99. The third-order valence-corrected chi connectivity index (χ3v) is 5.30. The Morgan fingerprint density at radius 1 is 1.14 bits per heavy atom. The molecule has 0 aliphatic heterocycles. The molecule has 0 aliphatic carbocycles. The van der Waals surface area contributed by atoms with Crippen molar-refractivity contribution in [1.29, 1.82) is 0 Å². The summed E-state index contributed by atoms with van der Waals surface area (Å²) >= 11 is 1.54. The van der Waals surface area contributed by atoms with E-state index < -0.39 is 0 Å². The second-order valence-corrected chi connectivity index (χ2v) is 7.54. The molecular weight excluding hydrogens is 384 g/mol. The number of carbonyl (C=O) groups excluding carboxylic acids is 1. The third kappa shape index (κ3) is 6.39. The van der Waals surface area contributed by atoms with Gasteiger partial charge in [0.05, 0.1) is 18.1 Å². The molecule has 3 rings (SSSR count). The number of hydrogen-bond acceptors (Lipinski definition) is 5. The van der Waals surface area contributed by atoms with Gasteiger partial charge in [0, 0.05) is 17.9 Å². The van der Waals surface area contributed by atoms with Gasteiger partial charge >= 0.3 is 0 Å². The fraction of sp³-hybridized carbons (Fsp3) is 0.304. The lowest BCUT2D eigenvalue weighted by atomic mass is 10.1. The van der Waals surface area contributed by atoms with Crippen molar-refractivity contribution >= 4 is 17.7 Å². The minimum atomic E-state index is 0.0406. The zero-order valence-electron chi connectivity index (χ0n) is 16.8. The number of oxazole rings is 1. The molecule has 0 fully saturated rings. The highest BCUT2D eigenvalue weighted by Gasteiger charge is 2.12.